The molecule has 1 amide bonds. The van der Waals surface area contributed by atoms with Gasteiger partial charge in [-0.05, 0) is 35.6 Å². The van der Waals surface area contributed by atoms with Crippen LogP contribution in [0.5, 0.6) is 0 Å². The van der Waals surface area contributed by atoms with Gasteiger partial charge in [-0.3, -0.25) is 4.79 Å². The largest absolute Gasteiger partial charge is 0.369 e. The highest BCUT2D eigenvalue weighted by atomic mass is 16.5. The Balaban J connectivity index is 1.75. The summed E-state index contributed by atoms with van der Waals surface area (Å²) in [6, 6.07) is 14.9. The summed E-state index contributed by atoms with van der Waals surface area (Å²) in [7, 11) is 0. The van der Waals surface area contributed by atoms with Crippen LogP contribution in [0.4, 0.5) is 0 Å². The van der Waals surface area contributed by atoms with Gasteiger partial charge >= 0.3 is 0 Å². The molecule has 0 aromatic heterocycles. The molecule has 3 rings (SSSR count). The van der Waals surface area contributed by atoms with Crippen LogP contribution < -0.4 is 10.6 Å². The van der Waals surface area contributed by atoms with E-state index in [1.54, 1.807) is 6.92 Å². The minimum absolute atomic E-state index is 0.0181. The molecule has 0 saturated heterocycles. The van der Waals surface area contributed by atoms with E-state index in [0.717, 1.165) is 25.8 Å². The fraction of sp³-hybridized carbons (Fsp3) is 0.458. The van der Waals surface area contributed by atoms with E-state index in [2.05, 4.69) is 79.1 Å². The third-order valence-corrected chi connectivity index (χ3v) is 5.57. The lowest BCUT2D eigenvalue weighted by Crippen LogP contribution is -2.57. The Morgan fingerprint density at radius 1 is 1.14 bits per heavy atom. The van der Waals surface area contributed by atoms with Crippen molar-refractivity contribution in [1.29, 1.82) is 0 Å². The number of rotatable bonds is 8. The number of carbonyl (C=O) groups excluding carboxylic acids is 1. The normalized spacial score (nSPS) is 21.9. The molecule has 0 fully saturated rings. The molecule has 28 heavy (non-hydrogen) atoms. The summed E-state index contributed by atoms with van der Waals surface area (Å²) in [5.74, 6) is -0.0181. The van der Waals surface area contributed by atoms with Crippen LogP contribution in [-0.4, -0.2) is 30.2 Å². The van der Waals surface area contributed by atoms with Crippen LogP contribution in [0.15, 0.2) is 54.6 Å². The molecule has 0 radical (unpaired) electrons. The van der Waals surface area contributed by atoms with E-state index in [1.165, 1.54) is 16.3 Å². The van der Waals surface area contributed by atoms with E-state index in [4.69, 9.17) is 4.74 Å². The Morgan fingerprint density at radius 3 is 2.64 bits per heavy atom. The zero-order chi connectivity index (χ0) is 19.9. The molecule has 2 N–H and O–H groups in total. The number of fused-ring (bicyclic) bond motifs is 1. The Bertz CT molecular complexity index is 808. The van der Waals surface area contributed by atoms with Gasteiger partial charge in [0.15, 0.2) is 0 Å². The van der Waals surface area contributed by atoms with Crippen LogP contribution in [0.25, 0.3) is 10.8 Å². The zero-order valence-electron chi connectivity index (χ0n) is 17.2. The number of hydrogen-bond acceptors (Lipinski definition) is 3. The van der Waals surface area contributed by atoms with Crippen molar-refractivity contribution in [2.24, 2.45) is 0 Å². The number of ether oxygens (including phenoxy) is 1. The van der Waals surface area contributed by atoms with Crippen molar-refractivity contribution in [2.75, 3.05) is 0 Å². The molecule has 1 aliphatic carbocycles. The smallest absolute Gasteiger partial charge is 0.217 e. The van der Waals surface area contributed by atoms with E-state index in [0.29, 0.717) is 0 Å². The van der Waals surface area contributed by atoms with Crippen molar-refractivity contribution in [3.63, 3.8) is 0 Å². The van der Waals surface area contributed by atoms with Crippen molar-refractivity contribution in [2.45, 2.75) is 70.9 Å². The molecule has 0 aliphatic heterocycles. The molecule has 1 aliphatic rings. The number of amides is 1. The highest BCUT2D eigenvalue weighted by Gasteiger charge is 2.32. The van der Waals surface area contributed by atoms with E-state index < -0.39 is 0 Å². The summed E-state index contributed by atoms with van der Waals surface area (Å²) in [4.78, 5) is 11.9. The topological polar surface area (TPSA) is 50.4 Å². The summed E-state index contributed by atoms with van der Waals surface area (Å²) in [5.41, 5.74) is 1.27. The molecular weight excluding hydrogens is 348 g/mol. The molecule has 0 unspecified atom stereocenters. The first-order valence-corrected chi connectivity index (χ1v) is 10.4. The SMILES string of the molecule is CCC(CC)O[C@@H]1C=CC[C@H](NCc2cccc3ccccc23)[C@H]1NC(C)=O. The lowest BCUT2D eigenvalue weighted by molar-refractivity contribution is -0.121. The quantitative estimate of drug-likeness (QED) is 0.670. The molecule has 2 aromatic carbocycles. The first kappa shape index (κ1) is 20.6. The second-order valence-corrected chi connectivity index (χ2v) is 7.56. The minimum atomic E-state index is -0.104. The van der Waals surface area contributed by atoms with Gasteiger partial charge in [0.05, 0.1) is 18.2 Å². The second kappa shape index (κ2) is 9.85. The summed E-state index contributed by atoms with van der Waals surface area (Å²) in [6.07, 6.45) is 7.21. The maximum Gasteiger partial charge on any atom is 0.217 e. The highest BCUT2D eigenvalue weighted by Crippen LogP contribution is 2.22. The molecule has 0 bridgehead atoms. The van der Waals surface area contributed by atoms with Crippen molar-refractivity contribution < 1.29 is 9.53 Å². The van der Waals surface area contributed by atoms with E-state index >= 15 is 0 Å². The van der Waals surface area contributed by atoms with E-state index in [9.17, 15) is 4.79 Å². The zero-order valence-corrected chi connectivity index (χ0v) is 17.2. The van der Waals surface area contributed by atoms with Gasteiger partial charge in [0, 0.05) is 19.5 Å². The first-order chi connectivity index (χ1) is 13.6. The van der Waals surface area contributed by atoms with Crippen LogP contribution in [0.2, 0.25) is 0 Å². The molecule has 0 heterocycles. The monoisotopic (exact) mass is 380 g/mol. The summed E-state index contributed by atoms with van der Waals surface area (Å²) in [5, 5.41) is 9.33. The Hall–Kier alpha value is -2.17. The Labute approximate surface area is 168 Å². The molecular formula is C24H32N2O2. The standard InChI is InChI=1S/C24H32N2O2/c1-4-20(5-2)28-23-15-9-14-22(24(23)26-17(3)27)25-16-19-12-8-11-18-10-6-7-13-21(18)19/h6-13,15,20,22-25H,4-5,14,16H2,1-3H3,(H,26,27)/t22-,23+,24+/m0/s1. The molecule has 4 nitrogen and oxygen atoms in total. The van der Waals surface area contributed by atoms with Crippen LogP contribution in [0.3, 0.4) is 0 Å². The summed E-state index contributed by atoms with van der Waals surface area (Å²) < 4.78 is 6.31. The fourth-order valence-corrected chi connectivity index (χ4v) is 4.00. The molecule has 2 aromatic rings. The van der Waals surface area contributed by atoms with Crippen LogP contribution in [0.1, 0.15) is 45.6 Å². The molecule has 0 spiro atoms. The maximum absolute atomic E-state index is 11.9. The molecule has 0 saturated carbocycles. The van der Waals surface area contributed by atoms with Crippen LogP contribution in [-0.2, 0) is 16.1 Å². The number of hydrogen-bond donors (Lipinski definition) is 2. The number of carbonyl (C=O) groups is 1. The minimum Gasteiger partial charge on any atom is -0.369 e. The van der Waals surface area contributed by atoms with E-state index in [-0.39, 0.29) is 30.2 Å². The fourth-order valence-electron chi connectivity index (χ4n) is 4.00. The Morgan fingerprint density at radius 2 is 1.89 bits per heavy atom. The van der Waals surface area contributed by atoms with Crippen molar-refractivity contribution in [3.05, 3.63) is 60.2 Å². The third-order valence-electron chi connectivity index (χ3n) is 5.57. The van der Waals surface area contributed by atoms with Crippen molar-refractivity contribution >= 4 is 16.7 Å². The molecule has 150 valence electrons. The third kappa shape index (κ3) is 5.00. The van der Waals surface area contributed by atoms with Gasteiger partial charge in [0.1, 0.15) is 0 Å². The van der Waals surface area contributed by atoms with Gasteiger partial charge in [-0.15, -0.1) is 0 Å². The molecule has 4 heteroatoms. The van der Waals surface area contributed by atoms with Gasteiger partial charge in [-0.2, -0.15) is 0 Å². The van der Waals surface area contributed by atoms with Gasteiger partial charge in [-0.25, -0.2) is 0 Å². The van der Waals surface area contributed by atoms with Crippen LogP contribution in [0, 0.1) is 0 Å². The number of nitrogens with one attached hydrogen (secondary N) is 2. The average molecular weight is 381 g/mol. The average Bonchev–Trinajstić information content (AvgIpc) is 2.71. The summed E-state index contributed by atoms with van der Waals surface area (Å²) in [6.45, 7) is 6.62. The second-order valence-electron chi connectivity index (χ2n) is 7.56. The van der Waals surface area contributed by atoms with Gasteiger partial charge in [0.25, 0.3) is 0 Å². The molecule has 3 atom stereocenters. The predicted octanol–water partition coefficient (Wildman–Crippen LogP) is 4.34. The lowest BCUT2D eigenvalue weighted by Gasteiger charge is -2.37. The van der Waals surface area contributed by atoms with Crippen LogP contribution >= 0.6 is 0 Å². The summed E-state index contributed by atoms with van der Waals surface area (Å²) >= 11 is 0. The predicted molar refractivity (Wildman–Crippen MR) is 115 cm³/mol. The van der Waals surface area contributed by atoms with Crippen molar-refractivity contribution in [3.8, 4) is 0 Å². The van der Waals surface area contributed by atoms with Gasteiger partial charge in [-0.1, -0.05) is 68.5 Å². The first-order valence-electron chi connectivity index (χ1n) is 10.4. The maximum atomic E-state index is 11.9. The highest BCUT2D eigenvalue weighted by molar-refractivity contribution is 5.85. The number of benzene rings is 2. The van der Waals surface area contributed by atoms with Gasteiger partial charge < -0.3 is 15.4 Å². The van der Waals surface area contributed by atoms with E-state index in [1.807, 2.05) is 0 Å². The lowest BCUT2D eigenvalue weighted by atomic mass is 9.92. The van der Waals surface area contributed by atoms with Gasteiger partial charge in [0.2, 0.25) is 5.91 Å². The van der Waals surface area contributed by atoms with Crippen molar-refractivity contribution in [1.82, 2.24) is 10.6 Å². The Kier molecular flexibility index (Phi) is 7.24.